The second kappa shape index (κ2) is 5.36. The van der Waals surface area contributed by atoms with E-state index in [1.165, 1.54) is 25.9 Å². The van der Waals surface area contributed by atoms with Crippen LogP contribution < -0.4 is 5.73 Å². The lowest BCUT2D eigenvalue weighted by atomic mass is 9.85. The molecule has 1 aliphatic rings. The van der Waals surface area contributed by atoms with E-state index in [-0.39, 0.29) is 11.6 Å². The number of nitrogens with two attached hydrogens (primary N) is 1. The molecule has 2 atom stereocenters. The molecule has 5 nitrogen and oxygen atoms in total. The maximum absolute atomic E-state index is 6.47. The summed E-state index contributed by atoms with van der Waals surface area (Å²) in [5.74, 6) is 0. The molecule has 0 aliphatic carbocycles. The summed E-state index contributed by atoms with van der Waals surface area (Å²) in [5, 5.41) is 8.12. The van der Waals surface area contributed by atoms with Crippen molar-refractivity contribution < 1.29 is 0 Å². The molecule has 1 saturated heterocycles. The Bertz CT molecular complexity index is 382. The van der Waals surface area contributed by atoms with Gasteiger partial charge < -0.3 is 5.73 Å². The molecule has 1 aliphatic heterocycles. The molecule has 0 bridgehead atoms. The van der Waals surface area contributed by atoms with Crippen LogP contribution in [0.4, 0.5) is 0 Å². The van der Waals surface area contributed by atoms with Gasteiger partial charge in [0.05, 0.1) is 5.69 Å². The second-order valence-electron chi connectivity index (χ2n) is 5.60. The zero-order valence-corrected chi connectivity index (χ0v) is 11.8. The van der Waals surface area contributed by atoms with Crippen LogP contribution in [0.3, 0.4) is 0 Å². The summed E-state index contributed by atoms with van der Waals surface area (Å²) in [6, 6.07) is 0.109. The first-order valence-electron chi connectivity index (χ1n) is 6.92. The van der Waals surface area contributed by atoms with Gasteiger partial charge in [-0.25, -0.2) is 0 Å². The van der Waals surface area contributed by atoms with Crippen molar-refractivity contribution in [1.29, 1.82) is 0 Å². The highest BCUT2D eigenvalue weighted by Gasteiger charge is 2.37. The van der Waals surface area contributed by atoms with E-state index in [0.717, 1.165) is 18.5 Å². The van der Waals surface area contributed by atoms with Crippen molar-refractivity contribution in [3.05, 3.63) is 11.9 Å². The predicted molar refractivity (Wildman–Crippen MR) is 72.2 cm³/mol. The quantitative estimate of drug-likeness (QED) is 0.846. The third-order valence-electron chi connectivity index (χ3n) is 4.42. The van der Waals surface area contributed by atoms with Gasteiger partial charge in [0.25, 0.3) is 0 Å². The van der Waals surface area contributed by atoms with Crippen LogP contribution in [-0.4, -0.2) is 44.6 Å². The van der Waals surface area contributed by atoms with Crippen molar-refractivity contribution in [3.63, 3.8) is 0 Å². The molecular weight excluding hydrogens is 226 g/mol. The summed E-state index contributed by atoms with van der Waals surface area (Å²) in [7, 11) is 1.89. The van der Waals surface area contributed by atoms with Crippen LogP contribution in [-0.2, 0) is 13.5 Å². The van der Waals surface area contributed by atoms with Crippen molar-refractivity contribution >= 4 is 0 Å². The molecular formula is C13H25N5. The van der Waals surface area contributed by atoms with E-state index in [1.54, 1.807) is 4.68 Å². The molecule has 2 unspecified atom stereocenters. The molecule has 0 radical (unpaired) electrons. The average molecular weight is 251 g/mol. The monoisotopic (exact) mass is 251 g/mol. The lowest BCUT2D eigenvalue weighted by Gasteiger charge is -2.42. The van der Waals surface area contributed by atoms with Crippen molar-refractivity contribution in [3.8, 4) is 0 Å². The summed E-state index contributed by atoms with van der Waals surface area (Å²) in [5.41, 5.74) is 7.53. The Kier molecular flexibility index (Phi) is 4.02. The molecule has 102 valence electrons. The molecule has 5 heteroatoms. The van der Waals surface area contributed by atoms with E-state index in [1.807, 2.05) is 13.2 Å². The molecule has 1 aromatic heterocycles. The lowest BCUT2D eigenvalue weighted by Crippen LogP contribution is -2.57. The lowest BCUT2D eigenvalue weighted by molar-refractivity contribution is 0.0995. The van der Waals surface area contributed by atoms with Gasteiger partial charge in [-0.05, 0) is 39.3 Å². The molecule has 2 heterocycles. The van der Waals surface area contributed by atoms with E-state index in [0.29, 0.717) is 0 Å². The Morgan fingerprint density at radius 2 is 2.11 bits per heavy atom. The van der Waals surface area contributed by atoms with E-state index < -0.39 is 0 Å². The smallest absolute Gasteiger partial charge is 0.0843 e. The fourth-order valence-electron chi connectivity index (χ4n) is 2.88. The molecule has 0 amide bonds. The number of aromatic nitrogens is 3. The third kappa shape index (κ3) is 2.57. The number of aryl methyl sites for hydroxylation is 1. The minimum Gasteiger partial charge on any atom is -0.326 e. The third-order valence-corrected chi connectivity index (χ3v) is 4.42. The summed E-state index contributed by atoms with van der Waals surface area (Å²) in [6.07, 6.45) is 6.43. The molecule has 0 aromatic carbocycles. The van der Waals surface area contributed by atoms with Crippen molar-refractivity contribution in [2.75, 3.05) is 13.1 Å². The van der Waals surface area contributed by atoms with Gasteiger partial charge in [-0.3, -0.25) is 9.58 Å². The fourth-order valence-corrected chi connectivity index (χ4v) is 2.88. The first kappa shape index (κ1) is 13.5. The van der Waals surface area contributed by atoms with Crippen LogP contribution in [0.1, 0.15) is 38.8 Å². The standard InChI is InChI=1S/C13H25N5/c1-4-13(2,18-7-5-6-8-18)12(14)9-11-10-17(3)16-15-11/h10,12H,4-9,14H2,1-3H3. The van der Waals surface area contributed by atoms with E-state index in [4.69, 9.17) is 5.73 Å². The molecule has 18 heavy (non-hydrogen) atoms. The van der Waals surface area contributed by atoms with Crippen LogP contribution in [0.5, 0.6) is 0 Å². The first-order chi connectivity index (χ1) is 8.56. The zero-order chi connectivity index (χ0) is 13.2. The van der Waals surface area contributed by atoms with Crippen molar-refractivity contribution in [2.24, 2.45) is 12.8 Å². The normalized spacial score (nSPS) is 22.0. The molecule has 1 fully saturated rings. The summed E-state index contributed by atoms with van der Waals surface area (Å²) in [4.78, 5) is 2.55. The Balaban J connectivity index is 2.06. The largest absolute Gasteiger partial charge is 0.326 e. The van der Waals surface area contributed by atoms with E-state index in [9.17, 15) is 0 Å². The Morgan fingerprint density at radius 3 is 2.61 bits per heavy atom. The number of rotatable bonds is 5. The maximum Gasteiger partial charge on any atom is 0.0843 e. The highest BCUT2D eigenvalue weighted by Crippen LogP contribution is 2.28. The van der Waals surface area contributed by atoms with E-state index in [2.05, 4.69) is 29.1 Å². The Labute approximate surface area is 109 Å². The molecule has 0 saturated carbocycles. The van der Waals surface area contributed by atoms with Gasteiger partial charge in [0.15, 0.2) is 0 Å². The zero-order valence-electron chi connectivity index (χ0n) is 11.8. The van der Waals surface area contributed by atoms with Gasteiger partial charge in [-0.2, -0.15) is 0 Å². The molecule has 0 spiro atoms. The van der Waals surface area contributed by atoms with Gasteiger partial charge in [0, 0.05) is 31.2 Å². The van der Waals surface area contributed by atoms with Crippen LogP contribution in [0.25, 0.3) is 0 Å². The molecule has 2 rings (SSSR count). The number of likely N-dealkylation sites (tertiary alicyclic amines) is 1. The number of nitrogens with zero attached hydrogens (tertiary/aromatic N) is 4. The topological polar surface area (TPSA) is 60.0 Å². The Hall–Kier alpha value is -0.940. The highest BCUT2D eigenvalue weighted by atomic mass is 15.4. The summed E-state index contributed by atoms with van der Waals surface area (Å²) in [6.45, 7) is 6.88. The summed E-state index contributed by atoms with van der Waals surface area (Å²) < 4.78 is 1.74. The van der Waals surface area contributed by atoms with Gasteiger partial charge in [0.1, 0.15) is 0 Å². The van der Waals surface area contributed by atoms with Gasteiger partial charge >= 0.3 is 0 Å². The molecule has 2 N–H and O–H groups in total. The fraction of sp³-hybridized carbons (Fsp3) is 0.846. The first-order valence-corrected chi connectivity index (χ1v) is 6.92. The highest BCUT2D eigenvalue weighted by molar-refractivity contribution is 5.04. The van der Waals surface area contributed by atoms with Gasteiger partial charge in [-0.1, -0.05) is 12.1 Å². The van der Waals surface area contributed by atoms with E-state index >= 15 is 0 Å². The summed E-state index contributed by atoms with van der Waals surface area (Å²) >= 11 is 0. The van der Waals surface area contributed by atoms with Crippen LogP contribution >= 0.6 is 0 Å². The molecule has 1 aromatic rings. The second-order valence-corrected chi connectivity index (χ2v) is 5.60. The minimum absolute atomic E-state index is 0.0774. The maximum atomic E-state index is 6.47. The number of hydrogen-bond acceptors (Lipinski definition) is 4. The van der Waals surface area contributed by atoms with Crippen molar-refractivity contribution in [1.82, 2.24) is 19.9 Å². The number of hydrogen-bond donors (Lipinski definition) is 1. The van der Waals surface area contributed by atoms with Crippen LogP contribution in [0.15, 0.2) is 6.20 Å². The van der Waals surface area contributed by atoms with Crippen molar-refractivity contribution in [2.45, 2.75) is 51.1 Å². The van der Waals surface area contributed by atoms with Crippen LogP contribution in [0, 0.1) is 0 Å². The Morgan fingerprint density at radius 1 is 1.44 bits per heavy atom. The SMILES string of the molecule is CCC(C)(C(N)Cc1cn(C)nn1)N1CCCC1. The van der Waals surface area contributed by atoms with Gasteiger partial charge in [-0.15, -0.1) is 5.10 Å². The van der Waals surface area contributed by atoms with Gasteiger partial charge in [0.2, 0.25) is 0 Å². The average Bonchev–Trinajstić information content (AvgIpc) is 2.99. The minimum atomic E-state index is 0.0774. The van der Waals surface area contributed by atoms with Crippen LogP contribution in [0.2, 0.25) is 0 Å². The predicted octanol–water partition coefficient (Wildman–Crippen LogP) is 0.949.